The van der Waals surface area contributed by atoms with Crippen molar-refractivity contribution in [1.29, 1.82) is 0 Å². The summed E-state index contributed by atoms with van der Waals surface area (Å²) in [5, 5.41) is 2.70. The van der Waals surface area contributed by atoms with E-state index in [1.807, 2.05) is 19.0 Å². The Morgan fingerprint density at radius 1 is 1.55 bits per heavy atom. The van der Waals surface area contributed by atoms with Crippen LogP contribution in [0.2, 0.25) is 0 Å². The molecule has 0 spiro atoms. The van der Waals surface area contributed by atoms with Crippen LogP contribution in [0.3, 0.4) is 0 Å². The first kappa shape index (κ1) is 10.4. The Bertz CT molecular complexity index is 114. The number of amides is 1. The number of carbonyl (C=O) groups excluding carboxylic acids is 1. The molecule has 0 saturated heterocycles. The van der Waals surface area contributed by atoms with Crippen molar-refractivity contribution >= 4 is 5.91 Å². The van der Waals surface area contributed by atoms with Gasteiger partial charge in [-0.25, -0.2) is 0 Å². The maximum Gasteiger partial charge on any atom is 0.221 e. The zero-order valence-electron chi connectivity index (χ0n) is 7.26. The molecule has 0 rings (SSSR count). The molecule has 4 nitrogen and oxygen atoms in total. The lowest BCUT2D eigenvalue weighted by Crippen LogP contribution is -2.31. The second-order valence-corrected chi connectivity index (χ2v) is 2.69. The highest BCUT2D eigenvalue weighted by molar-refractivity contribution is 5.75. The Hall–Kier alpha value is -0.610. The van der Waals surface area contributed by atoms with Crippen molar-refractivity contribution in [2.75, 3.05) is 33.7 Å². The van der Waals surface area contributed by atoms with E-state index in [9.17, 15) is 4.79 Å². The fourth-order valence-electron chi connectivity index (χ4n) is 0.625. The first-order chi connectivity index (χ1) is 5.16. The highest BCUT2D eigenvalue weighted by Gasteiger charge is 1.99. The molecule has 0 aliphatic heterocycles. The molecule has 4 heteroatoms. The molecule has 0 heterocycles. The van der Waals surface area contributed by atoms with Gasteiger partial charge in [0.1, 0.15) is 0 Å². The zero-order valence-corrected chi connectivity index (χ0v) is 7.26. The molecule has 3 N–H and O–H groups in total. The van der Waals surface area contributed by atoms with Crippen molar-refractivity contribution in [1.82, 2.24) is 10.2 Å². The van der Waals surface area contributed by atoms with Crippen LogP contribution in [-0.2, 0) is 4.79 Å². The molecular formula is C7H17N3O. The molecule has 0 unspecified atom stereocenters. The second-order valence-electron chi connectivity index (χ2n) is 2.69. The van der Waals surface area contributed by atoms with Crippen molar-refractivity contribution < 1.29 is 4.79 Å². The number of hydrogen-bond donors (Lipinski definition) is 2. The van der Waals surface area contributed by atoms with Gasteiger partial charge < -0.3 is 16.0 Å². The van der Waals surface area contributed by atoms with Gasteiger partial charge in [0.2, 0.25) is 5.91 Å². The third-order valence-electron chi connectivity index (χ3n) is 1.25. The van der Waals surface area contributed by atoms with Gasteiger partial charge in [0.15, 0.2) is 0 Å². The lowest BCUT2D eigenvalue weighted by molar-refractivity contribution is -0.121. The van der Waals surface area contributed by atoms with Crippen LogP contribution < -0.4 is 11.1 Å². The molecule has 66 valence electrons. The minimum absolute atomic E-state index is 0.0733. The molecule has 0 bridgehead atoms. The number of nitrogens with one attached hydrogen (secondary N) is 1. The summed E-state index contributed by atoms with van der Waals surface area (Å²) in [7, 11) is 3.88. The molecule has 0 aromatic heterocycles. The molecule has 0 saturated carbocycles. The van der Waals surface area contributed by atoms with Gasteiger partial charge in [0.25, 0.3) is 0 Å². The first-order valence-electron chi connectivity index (χ1n) is 3.78. The van der Waals surface area contributed by atoms with Crippen LogP contribution >= 0.6 is 0 Å². The minimum atomic E-state index is 0.0733. The Labute approximate surface area is 67.7 Å². The molecular weight excluding hydrogens is 142 g/mol. The van der Waals surface area contributed by atoms with E-state index in [0.717, 1.165) is 6.54 Å². The van der Waals surface area contributed by atoms with E-state index >= 15 is 0 Å². The molecule has 0 aliphatic carbocycles. The van der Waals surface area contributed by atoms with Gasteiger partial charge in [-0.3, -0.25) is 4.79 Å². The summed E-state index contributed by atoms with van der Waals surface area (Å²) in [5.41, 5.74) is 5.21. The van der Waals surface area contributed by atoms with E-state index < -0.39 is 0 Å². The maximum atomic E-state index is 10.9. The van der Waals surface area contributed by atoms with Gasteiger partial charge in [-0.05, 0) is 14.1 Å². The maximum absolute atomic E-state index is 10.9. The number of rotatable bonds is 5. The van der Waals surface area contributed by atoms with E-state index in [0.29, 0.717) is 19.5 Å². The summed E-state index contributed by atoms with van der Waals surface area (Å²) >= 11 is 0. The highest BCUT2D eigenvalue weighted by Crippen LogP contribution is 1.81. The third-order valence-corrected chi connectivity index (χ3v) is 1.25. The van der Waals surface area contributed by atoms with E-state index in [2.05, 4.69) is 5.32 Å². The van der Waals surface area contributed by atoms with Gasteiger partial charge >= 0.3 is 0 Å². The molecule has 1 amide bonds. The predicted molar refractivity (Wildman–Crippen MR) is 45.2 cm³/mol. The summed E-state index contributed by atoms with van der Waals surface area (Å²) < 4.78 is 0. The Morgan fingerprint density at radius 3 is 2.64 bits per heavy atom. The second kappa shape index (κ2) is 6.12. The first-order valence-corrected chi connectivity index (χ1v) is 3.78. The molecule has 11 heavy (non-hydrogen) atoms. The third kappa shape index (κ3) is 7.29. The minimum Gasteiger partial charge on any atom is -0.355 e. The predicted octanol–water partition coefficient (Wildman–Crippen LogP) is -0.987. The van der Waals surface area contributed by atoms with Crippen molar-refractivity contribution in [2.45, 2.75) is 6.42 Å². The van der Waals surface area contributed by atoms with Crippen LogP contribution in [0, 0.1) is 0 Å². The average molecular weight is 159 g/mol. The number of carbonyl (C=O) groups is 1. The summed E-state index contributed by atoms with van der Waals surface area (Å²) in [6.45, 7) is 1.87. The van der Waals surface area contributed by atoms with Crippen molar-refractivity contribution in [3.8, 4) is 0 Å². The number of hydrogen-bond acceptors (Lipinski definition) is 3. The summed E-state index contributed by atoms with van der Waals surface area (Å²) in [4.78, 5) is 12.9. The Kier molecular flexibility index (Phi) is 5.78. The van der Waals surface area contributed by atoms with E-state index in [1.54, 1.807) is 0 Å². The van der Waals surface area contributed by atoms with Gasteiger partial charge in [0.05, 0.1) is 0 Å². The van der Waals surface area contributed by atoms with Gasteiger partial charge in [-0.2, -0.15) is 0 Å². The van der Waals surface area contributed by atoms with Gasteiger partial charge in [0, 0.05) is 26.1 Å². The summed E-state index contributed by atoms with van der Waals surface area (Å²) in [5.74, 6) is 0.0733. The fraction of sp³-hybridized carbons (Fsp3) is 0.857. The fourth-order valence-corrected chi connectivity index (χ4v) is 0.625. The zero-order chi connectivity index (χ0) is 8.69. The lowest BCUT2D eigenvalue weighted by atomic mass is 10.4. The largest absolute Gasteiger partial charge is 0.355 e. The topological polar surface area (TPSA) is 58.4 Å². The van der Waals surface area contributed by atoms with E-state index in [4.69, 9.17) is 5.73 Å². The quantitative estimate of drug-likeness (QED) is 0.541. The van der Waals surface area contributed by atoms with Crippen LogP contribution in [0.4, 0.5) is 0 Å². The van der Waals surface area contributed by atoms with Crippen molar-refractivity contribution in [3.63, 3.8) is 0 Å². The lowest BCUT2D eigenvalue weighted by Gasteiger charge is -2.08. The molecule has 0 radical (unpaired) electrons. The summed E-state index contributed by atoms with van der Waals surface area (Å²) in [6, 6.07) is 0. The van der Waals surface area contributed by atoms with Crippen LogP contribution in [0.1, 0.15) is 6.42 Å². The van der Waals surface area contributed by atoms with Gasteiger partial charge in [-0.15, -0.1) is 0 Å². The number of nitrogens with zero attached hydrogens (tertiary/aromatic N) is 1. The molecule has 0 fully saturated rings. The average Bonchev–Trinajstić information content (AvgIpc) is 1.97. The van der Waals surface area contributed by atoms with E-state index in [1.165, 1.54) is 0 Å². The highest BCUT2D eigenvalue weighted by atomic mass is 16.1. The molecule has 0 aromatic rings. The standard InChI is InChI=1S/C7H17N3O/c1-10(2)6-3-7(11)9-5-4-8/h3-6,8H2,1-2H3,(H,9,11). The Balaban J connectivity index is 3.23. The smallest absolute Gasteiger partial charge is 0.221 e. The molecule has 0 aromatic carbocycles. The Morgan fingerprint density at radius 2 is 2.18 bits per heavy atom. The SMILES string of the molecule is CN(C)CCC(=O)NCCN. The monoisotopic (exact) mass is 159 g/mol. The van der Waals surface area contributed by atoms with Crippen molar-refractivity contribution in [2.24, 2.45) is 5.73 Å². The van der Waals surface area contributed by atoms with Crippen LogP contribution in [0.5, 0.6) is 0 Å². The van der Waals surface area contributed by atoms with Gasteiger partial charge in [-0.1, -0.05) is 0 Å². The van der Waals surface area contributed by atoms with Crippen LogP contribution in [0.25, 0.3) is 0 Å². The normalized spacial score (nSPS) is 10.2. The molecule has 0 aliphatic rings. The number of nitrogens with two attached hydrogens (primary N) is 1. The van der Waals surface area contributed by atoms with Crippen LogP contribution in [0.15, 0.2) is 0 Å². The summed E-state index contributed by atoms with van der Waals surface area (Å²) in [6.07, 6.45) is 0.549. The molecule has 0 atom stereocenters. The van der Waals surface area contributed by atoms with Crippen LogP contribution in [-0.4, -0.2) is 44.5 Å². The van der Waals surface area contributed by atoms with Crippen molar-refractivity contribution in [3.05, 3.63) is 0 Å². The van der Waals surface area contributed by atoms with E-state index in [-0.39, 0.29) is 5.91 Å².